The van der Waals surface area contributed by atoms with Crippen LogP contribution in [0.3, 0.4) is 0 Å². The fourth-order valence-electron chi connectivity index (χ4n) is 2.55. The van der Waals surface area contributed by atoms with Crippen LogP contribution in [0, 0.1) is 6.92 Å². The van der Waals surface area contributed by atoms with Gasteiger partial charge in [0.2, 0.25) is 0 Å². The van der Waals surface area contributed by atoms with E-state index in [4.69, 9.17) is 0 Å². The number of carbonyl (C=O) groups is 1. The summed E-state index contributed by atoms with van der Waals surface area (Å²) in [5.74, 6) is -0.287. The monoisotopic (exact) mass is 372 g/mol. The molecule has 0 spiro atoms. The highest BCUT2D eigenvalue weighted by atomic mass is 32.2. The van der Waals surface area contributed by atoms with E-state index in [1.165, 1.54) is 34.1 Å². The Labute approximate surface area is 145 Å². The Balaban J connectivity index is 2.08. The van der Waals surface area contributed by atoms with Gasteiger partial charge in [0, 0.05) is 16.7 Å². The van der Waals surface area contributed by atoms with Crippen LogP contribution in [0.1, 0.15) is 34.3 Å². The Morgan fingerprint density at radius 2 is 2.12 bits per heavy atom. The second kappa shape index (κ2) is 6.40. The normalized spacial score (nSPS) is 18.2. The number of aryl methyl sites for hydroxylation is 1. The van der Waals surface area contributed by atoms with Crippen LogP contribution in [0.5, 0.6) is 0 Å². The van der Waals surface area contributed by atoms with Crippen molar-refractivity contribution in [2.45, 2.75) is 36.6 Å². The number of thiazole rings is 1. The first-order valence-electron chi connectivity index (χ1n) is 7.37. The van der Waals surface area contributed by atoms with Gasteiger partial charge in [0.15, 0.2) is 0 Å². The molecule has 3 rings (SSSR count). The molecule has 0 unspecified atom stereocenters. The number of benzene rings is 1. The molecule has 0 bridgehead atoms. The van der Waals surface area contributed by atoms with Crippen LogP contribution in [0.2, 0.25) is 0 Å². The molecule has 1 aromatic carbocycles. The molecule has 2 aromatic rings. The fraction of sp³-hybridized carbons (Fsp3) is 0.375. The largest absolute Gasteiger partial charge is 0.416 e. The van der Waals surface area contributed by atoms with Crippen molar-refractivity contribution in [2.24, 2.45) is 0 Å². The Hall–Kier alpha value is -1.54. The molecule has 0 saturated heterocycles. The molecule has 128 valence electrons. The summed E-state index contributed by atoms with van der Waals surface area (Å²) >= 11 is 2.71. The van der Waals surface area contributed by atoms with Crippen LogP contribution in [-0.2, 0) is 6.18 Å². The molecular formula is C16H15F3N2OS2. The number of alkyl halides is 3. The fourth-order valence-corrected chi connectivity index (χ4v) is 4.40. The van der Waals surface area contributed by atoms with Crippen LogP contribution < -0.4 is 4.90 Å². The molecule has 3 nitrogen and oxygen atoms in total. The molecule has 1 aromatic heterocycles. The summed E-state index contributed by atoms with van der Waals surface area (Å²) < 4.78 is 39.3. The zero-order valence-corrected chi connectivity index (χ0v) is 14.7. The van der Waals surface area contributed by atoms with E-state index in [0.29, 0.717) is 34.1 Å². The van der Waals surface area contributed by atoms with Crippen molar-refractivity contribution in [1.29, 1.82) is 0 Å². The predicted octanol–water partition coefficient (Wildman–Crippen LogP) is 5.00. The Morgan fingerprint density at radius 3 is 2.75 bits per heavy atom. The molecular weight excluding hydrogens is 357 g/mol. The van der Waals surface area contributed by atoms with Gasteiger partial charge < -0.3 is 4.90 Å². The number of hydrogen-bond donors (Lipinski definition) is 0. The maximum Gasteiger partial charge on any atom is 0.416 e. The van der Waals surface area contributed by atoms with E-state index in [1.54, 1.807) is 12.4 Å². The lowest BCUT2D eigenvalue weighted by Gasteiger charge is -2.23. The van der Waals surface area contributed by atoms with Gasteiger partial charge in [-0.2, -0.15) is 13.2 Å². The van der Waals surface area contributed by atoms with Crippen molar-refractivity contribution in [3.8, 4) is 0 Å². The van der Waals surface area contributed by atoms with E-state index in [0.717, 1.165) is 12.1 Å². The van der Waals surface area contributed by atoms with Gasteiger partial charge in [-0.05, 0) is 31.5 Å². The molecule has 8 heteroatoms. The zero-order valence-electron chi connectivity index (χ0n) is 13.1. The van der Waals surface area contributed by atoms with Crippen LogP contribution >= 0.6 is 23.1 Å². The minimum absolute atomic E-state index is 0.223. The number of carbonyl (C=O) groups excluding carboxylic acids is 1. The smallest absolute Gasteiger partial charge is 0.306 e. The van der Waals surface area contributed by atoms with Gasteiger partial charge in [0.05, 0.1) is 22.5 Å². The average Bonchev–Trinajstić information content (AvgIpc) is 2.85. The topological polar surface area (TPSA) is 33.2 Å². The number of hydrogen-bond acceptors (Lipinski definition) is 4. The molecule has 0 N–H and O–H groups in total. The van der Waals surface area contributed by atoms with Crippen LogP contribution in [0.25, 0.3) is 0 Å². The Kier molecular flexibility index (Phi) is 4.61. The van der Waals surface area contributed by atoms with Gasteiger partial charge in [0.1, 0.15) is 4.88 Å². The number of halogens is 3. The minimum Gasteiger partial charge on any atom is -0.306 e. The first-order chi connectivity index (χ1) is 11.3. The van der Waals surface area contributed by atoms with Crippen LogP contribution in [-0.4, -0.2) is 22.7 Å². The molecule has 24 heavy (non-hydrogen) atoms. The Morgan fingerprint density at radius 1 is 1.38 bits per heavy atom. The summed E-state index contributed by atoms with van der Waals surface area (Å²) in [5.41, 5.74) is 1.76. The predicted molar refractivity (Wildman–Crippen MR) is 89.9 cm³/mol. The van der Waals surface area contributed by atoms with E-state index in [2.05, 4.69) is 4.98 Å². The second-order valence-electron chi connectivity index (χ2n) is 5.62. The summed E-state index contributed by atoms with van der Waals surface area (Å²) in [7, 11) is 0. The second-order valence-corrected chi connectivity index (χ2v) is 7.96. The summed E-state index contributed by atoms with van der Waals surface area (Å²) in [6.07, 6.45) is -3.73. The molecule has 0 aliphatic carbocycles. The molecule has 2 heterocycles. The number of nitrogens with zero attached hydrogens (tertiary/aromatic N) is 2. The van der Waals surface area contributed by atoms with Crippen molar-refractivity contribution >= 4 is 34.7 Å². The van der Waals surface area contributed by atoms with E-state index in [9.17, 15) is 18.0 Å². The number of thioether (sulfide) groups is 1. The van der Waals surface area contributed by atoms with Gasteiger partial charge in [0.25, 0.3) is 5.91 Å². The lowest BCUT2D eigenvalue weighted by molar-refractivity contribution is -0.137. The molecule has 1 amide bonds. The van der Waals surface area contributed by atoms with Gasteiger partial charge in [-0.15, -0.1) is 23.1 Å². The highest BCUT2D eigenvalue weighted by Crippen LogP contribution is 2.41. The van der Waals surface area contributed by atoms with Crippen molar-refractivity contribution in [2.75, 3.05) is 11.4 Å². The quantitative estimate of drug-likeness (QED) is 0.706. The molecule has 1 aliphatic rings. The van der Waals surface area contributed by atoms with Crippen LogP contribution in [0.4, 0.5) is 18.9 Å². The average molecular weight is 372 g/mol. The number of fused-ring (bicyclic) bond motifs is 1. The highest BCUT2D eigenvalue weighted by molar-refractivity contribution is 8.00. The summed E-state index contributed by atoms with van der Waals surface area (Å²) in [6.45, 7) is 4.13. The molecule has 0 radical (unpaired) electrons. The van der Waals surface area contributed by atoms with Crippen LogP contribution in [0.15, 0.2) is 28.6 Å². The van der Waals surface area contributed by atoms with E-state index < -0.39 is 11.7 Å². The number of rotatable bonds is 1. The molecule has 0 fully saturated rings. The Bertz CT molecular complexity index is 773. The first kappa shape index (κ1) is 17.3. The highest BCUT2D eigenvalue weighted by Gasteiger charge is 2.34. The van der Waals surface area contributed by atoms with Crippen molar-refractivity contribution in [3.05, 3.63) is 39.8 Å². The van der Waals surface area contributed by atoms with E-state index in [1.807, 2.05) is 6.92 Å². The van der Waals surface area contributed by atoms with Crippen molar-refractivity contribution in [3.63, 3.8) is 0 Å². The standard InChI is InChI=1S/C16H15F3N2OS2/c1-9-5-6-21(15(22)14-10(2)20-8-23-14)12-7-11(16(17,18)19)3-4-13(12)24-9/h3-4,7-9H,5-6H2,1-2H3/t9-/m1/s1. The molecule has 1 atom stereocenters. The SMILES string of the molecule is Cc1ncsc1C(=O)N1CC[C@@H](C)Sc2ccc(C(F)(F)F)cc21. The van der Waals surface area contributed by atoms with E-state index in [-0.39, 0.29) is 11.2 Å². The number of amides is 1. The third kappa shape index (κ3) is 3.30. The van der Waals surface area contributed by atoms with Gasteiger partial charge in [-0.25, -0.2) is 4.98 Å². The molecule has 0 saturated carbocycles. The maximum atomic E-state index is 13.1. The summed E-state index contributed by atoms with van der Waals surface area (Å²) in [6, 6.07) is 3.61. The van der Waals surface area contributed by atoms with Gasteiger partial charge in [-0.1, -0.05) is 6.92 Å². The first-order valence-corrected chi connectivity index (χ1v) is 9.13. The van der Waals surface area contributed by atoms with Gasteiger partial charge >= 0.3 is 6.18 Å². The third-order valence-corrected chi connectivity index (χ3v) is 6.00. The van der Waals surface area contributed by atoms with Gasteiger partial charge in [-0.3, -0.25) is 4.79 Å². The third-order valence-electron chi connectivity index (χ3n) is 3.85. The van der Waals surface area contributed by atoms with E-state index >= 15 is 0 Å². The number of aromatic nitrogens is 1. The lowest BCUT2D eigenvalue weighted by Crippen LogP contribution is -2.32. The lowest BCUT2D eigenvalue weighted by atomic mass is 10.1. The van der Waals surface area contributed by atoms with Crippen molar-refractivity contribution < 1.29 is 18.0 Å². The maximum absolute atomic E-state index is 13.1. The summed E-state index contributed by atoms with van der Waals surface area (Å²) in [4.78, 5) is 19.6. The van der Waals surface area contributed by atoms with Crippen molar-refractivity contribution in [1.82, 2.24) is 4.98 Å². The summed E-state index contributed by atoms with van der Waals surface area (Å²) in [5, 5.41) is 0.223. The zero-order chi connectivity index (χ0) is 17.5. The minimum atomic E-state index is -4.44. The molecule has 1 aliphatic heterocycles. The number of anilines is 1.